The van der Waals surface area contributed by atoms with Gasteiger partial charge in [-0.25, -0.2) is 9.38 Å². The summed E-state index contributed by atoms with van der Waals surface area (Å²) in [4.78, 5) is 6.79. The van der Waals surface area contributed by atoms with Crippen molar-refractivity contribution in [2.75, 3.05) is 19.6 Å². The third-order valence-corrected chi connectivity index (χ3v) is 5.42. The minimum absolute atomic E-state index is 0.204. The quantitative estimate of drug-likeness (QED) is 0.830. The van der Waals surface area contributed by atoms with Gasteiger partial charge < -0.3 is 10.2 Å². The van der Waals surface area contributed by atoms with Crippen molar-refractivity contribution in [3.05, 3.63) is 48.4 Å². The number of nitrogens with one attached hydrogen (secondary N) is 1. The molecule has 1 aromatic heterocycles. The molecule has 2 aliphatic heterocycles. The van der Waals surface area contributed by atoms with Crippen molar-refractivity contribution in [2.24, 2.45) is 18.0 Å². The van der Waals surface area contributed by atoms with Crippen molar-refractivity contribution in [3.8, 4) is 11.1 Å². The fraction of sp³-hybridized carbons (Fsp3) is 0.455. The highest BCUT2D eigenvalue weighted by Crippen LogP contribution is 2.35. The highest BCUT2D eigenvalue weighted by molar-refractivity contribution is 6.21. The van der Waals surface area contributed by atoms with Gasteiger partial charge in [-0.05, 0) is 30.0 Å². The van der Waals surface area contributed by atoms with Gasteiger partial charge in [0.05, 0.1) is 29.3 Å². The van der Waals surface area contributed by atoms with E-state index in [-0.39, 0.29) is 6.04 Å². The van der Waals surface area contributed by atoms with Crippen LogP contribution in [0.4, 0.5) is 10.1 Å². The second-order valence-corrected chi connectivity index (χ2v) is 8.28. The number of halogens is 1. The van der Waals surface area contributed by atoms with Crippen LogP contribution in [-0.2, 0) is 7.05 Å². The van der Waals surface area contributed by atoms with Crippen LogP contribution in [0.3, 0.4) is 0 Å². The zero-order valence-corrected chi connectivity index (χ0v) is 16.8. The first-order valence-corrected chi connectivity index (χ1v) is 9.95. The molecule has 1 saturated heterocycles. The number of hydrogen-bond donors (Lipinski definition) is 1. The summed E-state index contributed by atoms with van der Waals surface area (Å²) in [5.74, 6) is 0.557. The number of hydrogen-bond acceptors (Lipinski definition) is 4. The zero-order valence-electron chi connectivity index (χ0n) is 16.8. The van der Waals surface area contributed by atoms with Gasteiger partial charge in [-0.3, -0.25) is 4.68 Å². The molecule has 0 aliphatic carbocycles. The molecule has 3 heterocycles. The Morgan fingerprint density at radius 1 is 1.36 bits per heavy atom. The largest absolute Gasteiger partial charge is 0.378 e. The second-order valence-electron chi connectivity index (χ2n) is 8.28. The molecule has 1 fully saturated rings. The summed E-state index contributed by atoms with van der Waals surface area (Å²) in [5, 5.41) is 7.54. The molecule has 28 heavy (non-hydrogen) atoms. The van der Waals surface area contributed by atoms with Crippen molar-refractivity contribution in [3.63, 3.8) is 0 Å². The number of nitrogens with zero attached hydrogens (tertiary/aromatic N) is 4. The van der Waals surface area contributed by atoms with Gasteiger partial charge in [0.25, 0.3) is 0 Å². The predicted molar refractivity (Wildman–Crippen MR) is 112 cm³/mol. The molecule has 0 bridgehead atoms. The number of aromatic nitrogens is 2. The molecule has 4 rings (SSSR count). The molecule has 0 spiro atoms. The standard InChI is InChI=1S/C22H28FN5/c1-14(2)11-28-8-7-21(19(23)13-28)25-15(3)22-18-9-16(5-6-20(18)26-22)17-10-24-27(4)12-17/h5-6,9-10,12,14,19,21,25H,3,7-8,11,13H2,1-2,4H3/t19?,21-/m1/s1. The highest BCUT2D eigenvalue weighted by atomic mass is 19.1. The van der Waals surface area contributed by atoms with E-state index in [0.717, 1.165) is 47.6 Å². The van der Waals surface area contributed by atoms with E-state index in [1.54, 1.807) is 4.68 Å². The van der Waals surface area contributed by atoms with Crippen LogP contribution >= 0.6 is 0 Å². The number of aliphatic imine (C=N–C) groups is 1. The Bertz CT molecular complexity index is 913. The van der Waals surface area contributed by atoms with Crippen LogP contribution in [-0.4, -0.2) is 52.2 Å². The van der Waals surface area contributed by atoms with Gasteiger partial charge >= 0.3 is 0 Å². The minimum atomic E-state index is -0.897. The summed E-state index contributed by atoms with van der Waals surface area (Å²) in [7, 11) is 1.91. The average molecular weight is 381 g/mol. The van der Waals surface area contributed by atoms with Crippen molar-refractivity contribution >= 4 is 11.4 Å². The highest BCUT2D eigenvalue weighted by Gasteiger charge is 2.31. The zero-order chi connectivity index (χ0) is 19.8. The van der Waals surface area contributed by atoms with Gasteiger partial charge in [0.15, 0.2) is 0 Å². The molecule has 0 amide bonds. The first-order valence-electron chi connectivity index (χ1n) is 9.95. The van der Waals surface area contributed by atoms with Crippen LogP contribution in [0.15, 0.2) is 47.9 Å². The van der Waals surface area contributed by atoms with Crippen molar-refractivity contribution in [1.29, 1.82) is 0 Å². The lowest BCUT2D eigenvalue weighted by Crippen LogP contribution is -2.51. The van der Waals surface area contributed by atoms with E-state index in [1.807, 2.05) is 31.6 Å². The number of aryl methyl sites for hydroxylation is 1. The van der Waals surface area contributed by atoms with Crippen molar-refractivity contribution in [1.82, 2.24) is 20.0 Å². The lowest BCUT2D eigenvalue weighted by Gasteiger charge is -2.37. The third kappa shape index (κ3) is 3.74. The molecule has 1 aromatic carbocycles. The fourth-order valence-electron chi connectivity index (χ4n) is 4.04. The maximum atomic E-state index is 14.7. The average Bonchev–Trinajstić information content (AvgIpc) is 3.04. The summed E-state index contributed by atoms with van der Waals surface area (Å²) in [5.41, 5.74) is 5.72. The van der Waals surface area contributed by atoms with E-state index >= 15 is 0 Å². The molecule has 6 heteroatoms. The molecule has 148 valence electrons. The van der Waals surface area contributed by atoms with Crippen molar-refractivity contribution < 1.29 is 4.39 Å². The summed E-state index contributed by atoms with van der Waals surface area (Å²) in [6.45, 7) is 10.8. The van der Waals surface area contributed by atoms with Crippen LogP contribution < -0.4 is 5.32 Å². The summed E-state index contributed by atoms with van der Waals surface area (Å²) in [6, 6.07) is 5.97. The molecule has 2 aromatic rings. The molecule has 1 N–H and O–H groups in total. The number of benzene rings is 1. The lowest BCUT2D eigenvalue weighted by atomic mass is 9.94. The first kappa shape index (κ1) is 18.9. The van der Waals surface area contributed by atoms with Crippen LogP contribution in [0.1, 0.15) is 25.8 Å². The smallest absolute Gasteiger partial charge is 0.133 e. The summed E-state index contributed by atoms with van der Waals surface area (Å²) in [6.07, 6.45) is 3.72. The molecule has 2 atom stereocenters. The molecule has 0 radical (unpaired) electrons. The number of piperidine rings is 1. The van der Waals surface area contributed by atoms with Crippen LogP contribution in [0.2, 0.25) is 0 Å². The Labute approximate surface area is 166 Å². The topological polar surface area (TPSA) is 45.4 Å². The molecule has 5 nitrogen and oxygen atoms in total. The Balaban J connectivity index is 1.41. The van der Waals surface area contributed by atoms with Gasteiger partial charge in [-0.15, -0.1) is 0 Å². The second kappa shape index (κ2) is 7.51. The third-order valence-electron chi connectivity index (χ3n) is 5.42. The van der Waals surface area contributed by atoms with E-state index in [2.05, 4.69) is 46.8 Å². The Kier molecular flexibility index (Phi) is 5.06. The van der Waals surface area contributed by atoms with E-state index < -0.39 is 6.17 Å². The Morgan fingerprint density at radius 3 is 2.86 bits per heavy atom. The van der Waals surface area contributed by atoms with Crippen molar-refractivity contribution in [2.45, 2.75) is 32.5 Å². The van der Waals surface area contributed by atoms with E-state index in [0.29, 0.717) is 18.2 Å². The predicted octanol–water partition coefficient (Wildman–Crippen LogP) is 3.69. The van der Waals surface area contributed by atoms with Crippen LogP contribution in [0.25, 0.3) is 11.1 Å². The monoisotopic (exact) mass is 381 g/mol. The molecule has 2 aliphatic rings. The van der Waals surface area contributed by atoms with Gasteiger partial charge in [0, 0.05) is 44.0 Å². The first-order chi connectivity index (χ1) is 13.4. The number of fused-ring (bicyclic) bond motifs is 1. The number of allylic oxidation sites excluding steroid dienone is 1. The van der Waals surface area contributed by atoms with E-state index in [9.17, 15) is 4.39 Å². The fourth-order valence-corrected chi connectivity index (χ4v) is 4.04. The molecular formula is C22H28FN5. The number of likely N-dealkylation sites (tertiary alicyclic amines) is 1. The lowest BCUT2D eigenvalue weighted by molar-refractivity contribution is 0.0999. The van der Waals surface area contributed by atoms with Gasteiger partial charge in [-0.2, -0.15) is 5.10 Å². The summed E-state index contributed by atoms with van der Waals surface area (Å²) < 4.78 is 16.5. The Hall–Kier alpha value is -2.47. The summed E-state index contributed by atoms with van der Waals surface area (Å²) >= 11 is 0. The van der Waals surface area contributed by atoms with Crippen LogP contribution in [0, 0.1) is 5.92 Å². The minimum Gasteiger partial charge on any atom is -0.378 e. The number of rotatable bonds is 6. The maximum absolute atomic E-state index is 14.7. The van der Waals surface area contributed by atoms with Gasteiger partial charge in [-0.1, -0.05) is 26.5 Å². The maximum Gasteiger partial charge on any atom is 0.133 e. The number of alkyl halides is 1. The molecule has 0 saturated carbocycles. The molecule has 1 unspecified atom stereocenters. The van der Waals surface area contributed by atoms with E-state index in [4.69, 9.17) is 0 Å². The van der Waals surface area contributed by atoms with Gasteiger partial charge in [0.2, 0.25) is 0 Å². The van der Waals surface area contributed by atoms with Gasteiger partial charge in [0.1, 0.15) is 6.17 Å². The molecular weight excluding hydrogens is 353 g/mol. The SMILES string of the molecule is C=C(N[C@@H]1CCN(CC(C)C)CC1F)C1=Nc2ccc(-c3cnn(C)c3)cc21. The van der Waals surface area contributed by atoms with E-state index in [1.165, 1.54) is 0 Å². The Morgan fingerprint density at radius 2 is 2.18 bits per heavy atom. The normalized spacial score (nSPS) is 21.8. The van der Waals surface area contributed by atoms with Crippen LogP contribution in [0.5, 0.6) is 0 Å².